The molecule has 98 valence electrons. The molecule has 0 fully saturated rings. The van der Waals surface area contributed by atoms with Crippen molar-refractivity contribution in [2.24, 2.45) is 0 Å². The first-order chi connectivity index (χ1) is 9.25. The molecule has 0 amide bonds. The molecule has 0 aromatic heterocycles. The molecule has 2 aromatic carbocycles. The molecule has 0 bridgehead atoms. The van der Waals surface area contributed by atoms with Gasteiger partial charge in [0.05, 0.1) is 0 Å². The van der Waals surface area contributed by atoms with Crippen LogP contribution in [0.3, 0.4) is 0 Å². The molecule has 0 aliphatic carbocycles. The van der Waals surface area contributed by atoms with E-state index < -0.39 is 0 Å². The van der Waals surface area contributed by atoms with Gasteiger partial charge in [-0.05, 0) is 0 Å². The third-order valence-corrected chi connectivity index (χ3v) is 5.28. The second-order valence-corrected chi connectivity index (χ2v) is 7.08. The molecule has 3 heteroatoms. The number of carbonyl (C=O) groups is 1. The molecule has 0 spiro atoms. The number of benzene rings is 2. The third kappa shape index (κ3) is 4.83. The maximum atomic E-state index is 11.9. The first-order valence-corrected chi connectivity index (χ1v) is 8.67. The number of Topliss-reactive ketones (excluding diaryl/α,β-unsaturated/α-hetero) is 1. The summed E-state index contributed by atoms with van der Waals surface area (Å²) < 4.78 is 1.40. The van der Waals surface area contributed by atoms with Crippen LogP contribution < -0.4 is 4.46 Å². The summed E-state index contributed by atoms with van der Waals surface area (Å²) in [5, 5.41) is 1.78. The number of rotatable bonds is 6. The first-order valence-electron chi connectivity index (χ1n) is 6.22. The van der Waals surface area contributed by atoms with Crippen molar-refractivity contribution in [2.45, 2.75) is 18.2 Å². The average molecular weight is 338 g/mol. The van der Waals surface area contributed by atoms with Crippen molar-refractivity contribution in [3.8, 4) is 0 Å². The van der Waals surface area contributed by atoms with Crippen molar-refractivity contribution in [3.05, 3.63) is 65.2 Å². The molecular weight excluding hydrogens is 323 g/mol. The predicted molar refractivity (Wildman–Crippen MR) is 81.7 cm³/mol. The Hall–Kier alpha value is -1.08. The van der Waals surface area contributed by atoms with Crippen LogP contribution in [0.5, 0.6) is 0 Å². The molecular formula is C16H15ClOSe. The van der Waals surface area contributed by atoms with Crippen LogP contribution in [0.1, 0.15) is 23.2 Å². The zero-order valence-corrected chi connectivity index (χ0v) is 13.0. The van der Waals surface area contributed by atoms with E-state index in [0.717, 1.165) is 17.3 Å². The van der Waals surface area contributed by atoms with Crippen LogP contribution in [-0.2, 0) is 0 Å². The number of ketones is 1. The van der Waals surface area contributed by atoms with Gasteiger partial charge < -0.3 is 0 Å². The van der Waals surface area contributed by atoms with Gasteiger partial charge in [0.2, 0.25) is 0 Å². The van der Waals surface area contributed by atoms with E-state index in [-0.39, 0.29) is 5.78 Å². The van der Waals surface area contributed by atoms with Crippen molar-refractivity contribution in [1.29, 1.82) is 0 Å². The van der Waals surface area contributed by atoms with Crippen molar-refractivity contribution in [2.75, 3.05) is 0 Å². The van der Waals surface area contributed by atoms with Crippen molar-refractivity contribution >= 4 is 36.8 Å². The Balaban J connectivity index is 1.74. The van der Waals surface area contributed by atoms with Crippen molar-refractivity contribution in [1.82, 2.24) is 0 Å². The number of carbonyl (C=O) groups excluding carboxylic acids is 1. The van der Waals surface area contributed by atoms with Crippen LogP contribution in [-0.4, -0.2) is 20.7 Å². The van der Waals surface area contributed by atoms with E-state index in [9.17, 15) is 4.79 Å². The van der Waals surface area contributed by atoms with Crippen LogP contribution in [0.25, 0.3) is 0 Å². The van der Waals surface area contributed by atoms with E-state index in [4.69, 9.17) is 11.6 Å². The molecule has 2 aromatic rings. The van der Waals surface area contributed by atoms with Gasteiger partial charge in [0.1, 0.15) is 0 Å². The molecule has 0 saturated carbocycles. The van der Waals surface area contributed by atoms with Crippen LogP contribution >= 0.6 is 11.6 Å². The molecule has 0 radical (unpaired) electrons. The molecule has 0 unspecified atom stereocenters. The van der Waals surface area contributed by atoms with Crippen molar-refractivity contribution < 1.29 is 4.79 Å². The summed E-state index contributed by atoms with van der Waals surface area (Å²) in [7, 11) is 0. The molecule has 19 heavy (non-hydrogen) atoms. The van der Waals surface area contributed by atoms with E-state index >= 15 is 0 Å². The average Bonchev–Trinajstić information content (AvgIpc) is 2.45. The fraction of sp³-hybridized carbons (Fsp3) is 0.188. The van der Waals surface area contributed by atoms with Crippen molar-refractivity contribution in [3.63, 3.8) is 0 Å². The zero-order valence-electron chi connectivity index (χ0n) is 10.5. The van der Waals surface area contributed by atoms with E-state index in [1.54, 1.807) is 24.3 Å². The van der Waals surface area contributed by atoms with Gasteiger partial charge in [-0.3, -0.25) is 0 Å². The quantitative estimate of drug-likeness (QED) is 0.446. The fourth-order valence-electron chi connectivity index (χ4n) is 1.72. The normalized spacial score (nSPS) is 10.4. The van der Waals surface area contributed by atoms with Gasteiger partial charge >= 0.3 is 125 Å². The second-order valence-electron chi connectivity index (χ2n) is 4.20. The van der Waals surface area contributed by atoms with Gasteiger partial charge in [-0.15, -0.1) is 0 Å². The predicted octanol–water partition coefficient (Wildman–Crippen LogP) is 3.75. The molecule has 0 aliphatic rings. The fourth-order valence-corrected chi connectivity index (χ4v) is 3.68. The van der Waals surface area contributed by atoms with E-state index in [2.05, 4.69) is 24.3 Å². The summed E-state index contributed by atoms with van der Waals surface area (Å²) >= 11 is 6.28. The molecule has 0 aliphatic heterocycles. The van der Waals surface area contributed by atoms with Gasteiger partial charge in [0, 0.05) is 0 Å². The Morgan fingerprint density at radius 2 is 1.68 bits per heavy atom. The molecule has 1 nitrogen and oxygen atoms in total. The summed E-state index contributed by atoms with van der Waals surface area (Å²) in [6.45, 7) is 0. The van der Waals surface area contributed by atoms with Gasteiger partial charge in [-0.1, -0.05) is 0 Å². The van der Waals surface area contributed by atoms with Gasteiger partial charge in [0.15, 0.2) is 0 Å². The summed E-state index contributed by atoms with van der Waals surface area (Å²) in [5.41, 5.74) is 0.761. The summed E-state index contributed by atoms with van der Waals surface area (Å²) in [6.07, 6.45) is 1.58. The Labute approximate surface area is 125 Å². The third-order valence-electron chi connectivity index (χ3n) is 2.73. The standard InChI is InChI=1S/C16H15ClOSe/c17-14-10-8-13(9-11-14)16(18)7-4-12-19-15-5-2-1-3-6-15/h1-3,5-6,8-11H,4,7,12H2. The van der Waals surface area contributed by atoms with E-state index in [1.807, 2.05) is 6.07 Å². The molecule has 0 N–H and O–H groups in total. The Bertz CT molecular complexity index is 522. The van der Waals surface area contributed by atoms with Crippen LogP contribution in [0, 0.1) is 0 Å². The Morgan fingerprint density at radius 3 is 2.37 bits per heavy atom. The van der Waals surface area contributed by atoms with Crippen LogP contribution in [0.2, 0.25) is 10.3 Å². The minimum absolute atomic E-state index is 0.209. The zero-order chi connectivity index (χ0) is 13.5. The topological polar surface area (TPSA) is 17.1 Å². The SMILES string of the molecule is O=C(CCC[Se]c1ccccc1)c1ccc(Cl)cc1. The number of hydrogen-bond donors (Lipinski definition) is 0. The van der Waals surface area contributed by atoms with E-state index in [1.165, 1.54) is 4.46 Å². The van der Waals surface area contributed by atoms with Gasteiger partial charge in [-0.2, -0.15) is 0 Å². The van der Waals surface area contributed by atoms with Gasteiger partial charge in [-0.25, -0.2) is 0 Å². The second kappa shape index (κ2) is 7.49. The number of hydrogen-bond acceptors (Lipinski definition) is 1. The summed E-state index contributed by atoms with van der Waals surface area (Å²) in [4.78, 5) is 11.9. The van der Waals surface area contributed by atoms with Gasteiger partial charge in [0.25, 0.3) is 0 Å². The van der Waals surface area contributed by atoms with Crippen LogP contribution in [0.15, 0.2) is 54.6 Å². The Kier molecular flexibility index (Phi) is 5.65. The van der Waals surface area contributed by atoms with E-state index in [0.29, 0.717) is 26.4 Å². The molecule has 2 rings (SSSR count). The number of halogens is 1. The monoisotopic (exact) mass is 338 g/mol. The minimum atomic E-state index is 0.209. The first kappa shape index (κ1) is 14.3. The summed E-state index contributed by atoms with van der Waals surface area (Å²) in [6, 6.07) is 17.6. The molecule has 0 saturated heterocycles. The maximum absolute atomic E-state index is 11.9. The molecule has 0 heterocycles. The van der Waals surface area contributed by atoms with Crippen LogP contribution in [0.4, 0.5) is 0 Å². The Morgan fingerprint density at radius 1 is 1.00 bits per heavy atom. The summed E-state index contributed by atoms with van der Waals surface area (Å²) in [5.74, 6) is 0.209. The molecule has 0 atom stereocenters.